The van der Waals surface area contributed by atoms with Crippen molar-refractivity contribution in [2.75, 3.05) is 11.5 Å². The van der Waals surface area contributed by atoms with Gasteiger partial charge < -0.3 is 4.74 Å². The molecule has 18 heavy (non-hydrogen) atoms. The largest absolute Gasteiger partial charge is 0.494 e. The fraction of sp³-hybridized carbons (Fsp3) is 0.286. The SMILES string of the molecule is CCOc1ccc(N2C(=O)C(C)=C(C)C2=O)cc1. The first kappa shape index (κ1) is 12.4. The Morgan fingerprint density at radius 3 is 1.94 bits per heavy atom. The molecule has 0 atom stereocenters. The number of amides is 2. The quantitative estimate of drug-likeness (QED) is 0.767. The predicted octanol–water partition coefficient (Wildman–Crippen LogP) is 2.29. The lowest BCUT2D eigenvalue weighted by Gasteiger charge is -2.15. The maximum Gasteiger partial charge on any atom is 0.261 e. The number of hydrogen-bond donors (Lipinski definition) is 0. The highest BCUT2D eigenvalue weighted by atomic mass is 16.5. The molecule has 1 aromatic carbocycles. The van der Waals surface area contributed by atoms with Gasteiger partial charge in [0.2, 0.25) is 0 Å². The maximum atomic E-state index is 12.0. The standard InChI is InChI=1S/C14H15NO3/c1-4-18-12-7-5-11(6-8-12)15-13(16)9(2)10(3)14(15)17/h5-8H,4H2,1-3H3. The van der Waals surface area contributed by atoms with Crippen LogP contribution in [0.4, 0.5) is 5.69 Å². The second-order valence-corrected chi connectivity index (χ2v) is 4.12. The Labute approximate surface area is 106 Å². The van der Waals surface area contributed by atoms with Crippen molar-refractivity contribution in [1.82, 2.24) is 0 Å². The van der Waals surface area contributed by atoms with Crippen LogP contribution in [0.1, 0.15) is 20.8 Å². The molecule has 4 nitrogen and oxygen atoms in total. The summed E-state index contributed by atoms with van der Waals surface area (Å²) in [7, 11) is 0. The number of rotatable bonds is 3. The molecular formula is C14H15NO3. The van der Waals surface area contributed by atoms with Gasteiger partial charge in [-0.2, -0.15) is 0 Å². The highest BCUT2D eigenvalue weighted by molar-refractivity contribution is 6.32. The molecule has 0 radical (unpaired) electrons. The van der Waals surface area contributed by atoms with E-state index in [1.807, 2.05) is 6.92 Å². The van der Waals surface area contributed by atoms with E-state index in [1.54, 1.807) is 38.1 Å². The number of ether oxygens (including phenoxy) is 1. The highest BCUT2D eigenvalue weighted by Gasteiger charge is 2.34. The third-order valence-corrected chi connectivity index (χ3v) is 3.02. The lowest BCUT2D eigenvalue weighted by atomic mass is 10.2. The minimum absolute atomic E-state index is 0.248. The molecule has 0 N–H and O–H groups in total. The summed E-state index contributed by atoms with van der Waals surface area (Å²) in [6.07, 6.45) is 0. The van der Waals surface area contributed by atoms with Gasteiger partial charge in [-0.15, -0.1) is 0 Å². The van der Waals surface area contributed by atoms with Gasteiger partial charge in [-0.3, -0.25) is 9.59 Å². The van der Waals surface area contributed by atoms with Crippen LogP contribution in [-0.2, 0) is 9.59 Å². The summed E-state index contributed by atoms with van der Waals surface area (Å²) >= 11 is 0. The molecular weight excluding hydrogens is 230 g/mol. The van der Waals surface area contributed by atoms with Crippen LogP contribution in [0, 0.1) is 0 Å². The molecule has 2 rings (SSSR count). The van der Waals surface area contributed by atoms with Crippen molar-refractivity contribution in [2.45, 2.75) is 20.8 Å². The van der Waals surface area contributed by atoms with Gasteiger partial charge in [-0.25, -0.2) is 4.90 Å². The Morgan fingerprint density at radius 2 is 1.50 bits per heavy atom. The van der Waals surface area contributed by atoms with E-state index in [-0.39, 0.29) is 11.8 Å². The fourth-order valence-electron chi connectivity index (χ4n) is 1.84. The monoisotopic (exact) mass is 245 g/mol. The molecule has 0 aliphatic carbocycles. The number of benzene rings is 1. The predicted molar refractivity (Wildman–Crippen MR) is 68.5 cm³/mol. The van der Waals surface area contributed by atoms with E-state index in [0.29, 0.717) is 23.4 Å². The first-order chi connectivity index (χ1) is 8.56. The van der Waals surface area contributed by atoms with Gasteiger partial charge in [0, 0.05) is 11.1 Å². The summed E-state index contributed by atoms with van der Waals surface area (Å²) in [5.41, 5.74) is 1.59. The third-order valence-electron chi connectivity index (χ3n) is 3.02. The first-order valence-electron chi connectivity index (χ1n) is 5.85. The van der Waals surface area contributed by atoms with Crippen molar-refractivity contribution < 1.29 is 14.3 Å². The summed E-state index contributed by atoms with van der Waals surface area (Å²) in [4.78, 5) is 25.1. The van der Waals surface area contributed by atoms with E-state index in [2.05, 4.69) is 0 Å². The van der Waals surface area contributed by atoms with Gasteiger partial charge >= 0.3 is 0 Å². The minimum atomic E-state index is -0.248. The van der Waals surface area contributed by atoms with Crippen molar-refractivity contribution >= 4 is 17.5 Å². The number of nitrogens with zero attached hydrogens (tertiary/aromatic N) is 1. The van der Waals surface area contributed by atoms with Crippen LogP contribution in [0.3, 0.4) is 0 Å². The van der Waals surface area contributed by atoms with Crippen molar-refractivity contribution in [2.24, 2.45) is 0 Å². The number of anilines is 1. The molecule has 4 heteroatoms. The van der Waals surface area contributed by atoms with E-state index in [9.17, 15) is 9.59 Å². The summed E-state index contributed by atoms with van der Waals surface area (Å²) < 4.78 is 5.32. The van der Waals surface area contributed by atoms with Crippen LogP contribution in [-0.4, -0.2) is 18.4 Å². The highest BCUT2D eigenvalue weighted by Crippen LogP contribution is 2.27. The number of hydrogen-bond acceptors (Lipinski definition) is 3. The van der Waals surface area contributed by atoms with Crippen LogP contribution in [0.2, 0.25) is 0 Å². The lowest BCUT2D eigenvalue weighted by Crippen LogP contribution is -2.31. The van der Waals surface area contributed by atoms with Crippen LogP contribution >= 0.6 is 0 Å². The van der Waals surface area contributed by atoms with Crippen molar-refractivity contribution in [3.8, 4) is 5.75 Å². The normalized spacial score (nSPS) is 15.6. The van der Waals surface area contributed by atoms with Crippen LogP contribution in [0.15, 0.2) is 35.4 Å². The number of imide groups is 1. The van der Waals surface area contributed by atoms with Gasteiger partial charge in [0.15, 0.2) is 0 Å². The van der Waals surface area contributed by atoms with E-state index in [1.165, 1.54) is 4.90 Å². The zero-order chi connectivity index (χ0) is 13.3. The summed E-state index contributed by atoms with van der Waals surface area (Å²) in [6.45, 7) is 5.83. The molecule has 0 aromatic heterocycles. The molecule has 0 unspecified atom stereocenters. The zero-order valence-electron chi connectivity index (χ0n) is 10.7. The average Bonchev–Trinajstić information content (AvgIpc) is 2.56. The van der Waals surface area contributed by atoms with E-state index in [4.69, 9.17) is 4.74 Å². The summed E-state index contributed by atoms with van der Waals surface area (Å²) in [5.74, 6) is 0.227. The van der Waals surface area contributed by atoms with Gasteiger partial charge in [-0.05, 0) is 45.0 Å². The second-order valence-electron chi connectivity index (χ2n) is 4.12. The first-order valence-corrected chi connectivity index (χ1v) is 5.85. The van der Waals surface area contributed by atoms with Gasteiger partial charge in [0.25, 0.3) is 11.8 Å². The van der Waals surface area contributed by atoms with Gasteiger partial charge in [0.1, 0.15) is 5.75 Å². The Kier molecular flexibility index (Phi) is 3.19. The fourth-order valence-corrected chi connectivity index (χ4v) is 1.84. The smallest absolute Gasteiger partial charge is 0.261 e. The minimum Gasteiger partial charge on any atom is -0.494 e. The van der Waals surface area contributed by atoms with E-state index >= 15 is 0 Å². The molecule has 0 bridgehead atoms. The molecule has 0 spiro atoms. The lowest BCUT2D eigenvalue weighted by molar-refractivity contribution is -0.120. The van der Waals surface area contributed by atoms with Gasteiger partial charge in [-0.1, -0.05) is 0 Å². The van der Waals surface area contributed by atoms with E-state index < -0.39 is 0 Å². The zero-order valence-corrected chi connectivity index (χ0v) is 10.7. The van der Waals surface area contributed by atoms with Gasteiger partial charge in [0.05, 0.1) is 12.3 Å². The number of carbonyl (C=O) groups excluding carboxylic acids is 2. The van der Waals surface area contributed by atoms with Crippen LogP contribution in [0.25, 0.3) is 0 Å². The number of carbonyl (C=O) groups is 2. The van der Waals surface area contributed by atoms with Crippen molar-refractivity contribution in [1.29, 1.82) is 0 Å². The second kappa shape index (κ2) is 4.64. The summed E-state index contributed by atoms with van der Waals surface area (Å²) in [5, 5.41) is 0. The maximum absolute atomic E-state index is 12.0. The van der Waals surface area contributed by atoms with E-state index in [0.717, 1.165) is 5.75 Å². The third kappa shape index (κ3) is 1.90. The van der Waals surface area contributed by atoms with Crippen molar-refractivity contribution in [3.05, 3.63) is 35.4 Å². The molecule has 94 valence electrons. The molecule has 1 aromatic rings. The Morgan fingerprint density at radius 1 is 1.00 bits per heavy atom. The van der Waals surface area contributed by atoms with Crippen LogP contribution < -0.4 is 9.64 Å². The molecule has 0 saturated carbocycles. The molecule has 2 amide bonds. The Bertz CT molecular complexity index is 504. The Balaban J connectivity index is 2.29. The van der Waals surface area contributed by atoms with Crippen molar-refractivity contribution in [3.63, 3.8) is 0 Å². The molecule has 0 saturated heterocycles. The molecule has 0 fully saturated rings. The molecule has 1 aliphatic rings. The average molecular weight is 245 g/mol. The van der Waals surface area contributed by atoms with Crippen LogP contribution in [0.5, 0.6) is 5.75 Å². The Hall–Kier alpha value is -2.10. The molecule has 1 aliphatic heterocycles. The topological polar surface area (TPSA) is 46.6 Å². The summed E-state index contributed by atoms with van der Waals surface area (Å²) in [6, 6.07) is 6.93. The molecule has 1 heterocycles.